The Labute approximate surface area is 127 Å². The molecule has 0 N–H and O–H groups in total. The van der Waals surface area contributed by atoms with Crippen LogP contribution in [0, 0.1) is 17.8 Å². The third kappa shape index (κ3) is 9.20. The second kappa shape index (κ2) is 8.52. The SMILES string of the molecule is C#CC(C)(CCCCl)C[C@@H](F)CCC(=O)OC(C)(C)C. The third-order valence-corrected chi connectivity index (χ3v) is 3.23. The lowest BCUT2D eigenvalue weighted by Crippen LogP contribution is -2.25. The van der Waals surface area contributed by atoms with Gasteiger partial charge in [0.05, 0.1) is 0 Å². The molecule has 0 radical (unpaired) electrons. The summed E-state index contributed by atoms with van der Waals surface area (Å²) in [7, 11) is 0. The van der Waals surface area contributed by atoms with Gasteiger partial charge in [-0.05, 0) is 53.4 Å². The van der Waals surface area contributed by atoms with Gasteiger partial charge in [-0.3, -0.25) is 4.79 Å². The summed E-state index contributed by atoms with van der Waals surface area (Å²) in [5.41, 5.74) is -1.03. The fourth-order valence-electron chi connectivity index (χ4n) is 1.95. The Balaban J connectivity index is 4.18. The zero-order valence-corrected chi connectivity index (χ0v) is 13.7. The van der Waals surface area contributed by atoms with E-state index < -0.39 is 17.2 Å². The molecular formula is C16H26ClFO2. The maximum Gasteiger partial charge on any atom is 0.306 e. The van der Waals surface area contributed by atoms with Gasteiger partial charge in [-0.15, -0.1) is 23.9 Å². The standard InChI is InChI=1S/C16H26ClFO2/c1-6-16(5,10-7-11-17)12-13(18)8-9-14(19)20-15(2,3)4/h1,13H,7-12H2,2-5H3/t13-,16?/m0/s1. The van der Waals surface area contributed by atoms with Gasteiger partial charge in [-0.2, -0.15) is 0 Å². The van der Waals surface area contributed by atoms with E-state index in [1.54, 1.807) is 20.8 Å². The average molecular weight is 305 g/mol. The topological polar surface area (TPSA) is 26.3 Å². The van der Waals surface area contributed by atoms with Gasteiger partial charge >= 0.3 is 5.97 Å². The monoisotopic (exact) mass is 304 g/mol. The van der Waals surface area contributed by atoms with Crippen LogP contribution in [0.1, 0.15) is 59.8 Å². The minimum Gasteiger partial charge on any atom is -0.460 e. The number of carbonyl (C=O) groups is 1. The Morgan fingerprint density at radius 2 is 2.00 bits per heavy atom. The van der Waals surface area contributed by atoms with E-state index in [1.807, 2.05) is 6.92 Å². The predicted octanol–water partition coefficient (Wildman–Crippen LogP) is 4.50. The lowest BCUT2D eigenvalue weighted by molar-refractivity contribution is -0.155. The third-order valence-electron chi connectivity index (χ3n) is 2.96. The summed E-state index contributed by atoms with van der Waals surface area (Å²) in [6.07, 6.45) is 6.32. The second-order valence-electron chi connectivity index (χ2n) is 6.42. The van der Waals surface area contributed by atoms with Gasteiger partial charge in [0.15, 0.2) is 0 Å². The van der Waals surface area contributed by atoms with Crippen LogP contribution in [-0.2, 0) is 9.53 Å². The van der Waals surface area contributed by atoms with Crippen molar-refractivity contribution in [1.82, 2.24) is 0 Å². The van der Waals surface area contributed by atoms with Gasteiger partial charge in [-0.1, -0.05) is 0 Å². The molecule has 0 aliphatic carbocycles. The molecule has 1 unspecified atom stereocenters. The molecule has 0 aromatic heterocycles. The second-order valence-corrected chi connectivity index (χ2v) is 6.80. The quantitative estimate of drug-likeness (QED) is 0.375. The van der Waals surface area contributed by atoms with E-state index in [0.717, 1.165) is 6.42 Å². The van der Waals surface area contributed by atoms with Crippen molar-refractivity contribution in [2.45, 2.75) is 71.6 Å². The summed E-state index contributed by atoms with van der Waals surface area (Å²) in [5, 5.41) is 0. The summed E-state index contributed by atoms with van der Waals surface area (Å²) in [5.74, 6) is 2.80. The van der Waals surface area contributed by atoms with Gasteiger partial charge in [0, 0.05) is 17.7 Å². The molecule has 0 aliphatic heterocycles. The van der Waals surface area contributed by atoms with Crippen molar-refractivity contribution in [2.75, 3.05) is 5.88 Å². The Morgan fingerprint density at radius 3 is 2.45 bits per heavy atom. The van der Waals surface area contributed by atoms with Gasteiger partial charge in [-0.25, -0.2) is 4.39 Å². The van der Waals surface area contributed by atoms with Crippen LogP contribution in [0.4, 0.5) is 4.39 Å². The Bertz CT molecular complexity index is 343. The lowest BCUT2D eigenvalue weighted by Gasteiger charge is -2.25. The fourth-order valence-corrected chi connectivity index (χ4v) is 2.08. The Hall–Kier alpha value is -0.750. The van der Waals surface area contributed by atoms with Crippen LogP contribution < -0.4 is 0 Å². The molecule has 0 aliphatic rings. The van der Waals surface area contributed by atoms with Crippen molar-refractivity contribution in [1.29, 1.82) is 0 Å². The van der Waals surface area contributed by atoms with Crippen molar-refractivity contribution in [3.63, 3.8) is 0 Å². The number of carbonyl (C=O) groups excluding carboxylic acids is 1. The Kier molecular flexibility index (Phi) is 8.20. The number of hydrogen-bond acceptors (Lipinski definition) is 2. The van der Waals surface area contributed by atoms with Crippen LogP contribution in [0.25, 0.3) is 0 Å². The van der Waals surface area contributed by atoms with E-state index in [0.29, 0.717) is 12.3 Å². The summed E-state index contributed by atoms with van der Waals surface area (Å²) in [6.45, 7) is 7.23. The molecule has 0 saturated carbocycles. The highest BCUT2D eigenvalue weighted by Crippen LogP contribution is 2.31. The number of esters is 1. The molecule has 0 bridgehead atoms. The molecule has 0 aromatic carbocycles. The van der Waals surface area contributed by atoms with Gasteiger partial charge in [0.25, 0.3) is 0 Å². The summed E-state index contributed by atoms with van der Waals surface area (Å²) < 4.78 is 19.1. The van der Waals surface area contributed by atoms with E-state index >= 15 is 0 Å². The highest BCUT2D eigenvalue weighted by molar-refractivity contribution is 6.17. The molecule has 2 atom stereocenters. The molecule has 4 heteroatoms. The van der Waals surface area contributed by atoms with Crippen LogP contribution in [0.15, 0.2) is 0 Å². The summed E-state index contributed by atoms with van der Waals surface area (Å²) >= 11 is 5.64. The van der Waals surface area contributed by atoms with Gasteiger partial charge in [0.1, 0.15) is 11.8 Å². The molecule has 0 saturated heterocycles. The molecule has 0 aromatic rings. The van der Waals surface area contributed by atoms with E-state index in [-0.39, 0.29) is 25.2 Å². The van der Waals surface area contributed by atoms with E-state index in [2.05, 4.69) is 5.92 Å². The minimum absolute atomic E-state index is 0.0780. The highest BCUT2D eigenvalue weighted by atomic mass is 35.5. The lowest BCUT2D eigenvalue weighted by atomic mass is 9.81. The maximum atomic E-state index is 14.0. The smallest absolute Gasteiger partial charge is 0.306 e. The molecule has 0 amide bonds. The van der Waals surface area contributed by atoms with Crippen LogP contribution in [-0.4, -0.2) is 23.6 Å². The minimum atomic E-state index is -1.10. The maximum absolute atomic E-state index is 14.0. The average Bonchev–Trinajstić information content (AvgIpc) is 2.32. The number of rotatable bonds is 8. The summed E-state index contributed by atoms with van der Waals surface area (Å²) in [6, 6.07) is 0. The molecule has 20 heavy (non-hydrogen) atoms. The van der Waals surface area contributed by atoms with Crippen molar-refractivity contribution in [3.05, 3.63) is 0 Å². The van der Waals surface area contributed by atoms with Crippen LogP contribution in [0.3, 0.4) is 0 Å². The highest BCUT2D eigenvalue weighted by Gasteiger charge is 2.26. The molecule has 116 valence electrons. The number of ether oxygens (including phenoxy) is 1. The number of halogens is 2. The first-order chi connectivity index (χ1) is 9.12. The van der Waals surface area contributed by atoms with Crippen LogP contribution in [0.2, 0.25) is 0 Å². The molecule has 0 rings (SSSR count). The number of hydrogen-bond donors (Lipinski definition) is 0. The first-order valence-electron chi connectivity index (χ1n) is 7.01. The predicted molar refractivity (Wildman–Crippen MR) is 81.5 cm³/mol. The molecule has 2 nitrogen and oxygen atoms in total. The van der Waals surface area contributed by atoms with E-state index in [1.165, 1.54) is 0 Å². The van der Waals surface area contributed by atoms with Crippen LogP contribution >= 0.6 is 11.6 Å². The number of alkyl halides is 2. The van der Waals surface area contributed by atoms with Crippen molar-refractivity contribution < 1.29 is 13.9 Å². The van der Waals surface area contributed by atoms with E-state index in [4.69, 9.17) is 22.8 Å². The largest absolute Gasteiger partial charge is 0.460 e. The Morgan fingerprint density at radius 1 is 1.40 bits per heavy atom. The van der Waals surface area contributed by atoms with E-state index in [9.17, 15) is 9.18 Å². The first-order valence-corrected chi connectivity index (χ1v) is 7.55. The fraction of sp³-hybridized carbons (Fsp3) is 0.812. The molecular weight excluding hydrogens is 279 g/mol. The van der Waals surface area contributed by atoms with Gasteiger partial charge in [0.2, 0.25) is 0 Å². The van der Waals surface area contributed by atoms with Crippen molar-refractivity contribution in [2.24, 2.45) is 5.41 Å². The zero-order valence-electron chi connectivity index (χ0n) is 13.0. The normalized spacial score (nSPS) is 16.1. The van der Waals surface area contributed by atoms with Crippen LogP contribution in [0.5, 0.6) is 0 Å². The first kappa shape index (κ1) is 19.2. The zero-order chi connectivity index (χ0) is 15.8. The van der Waals surface area contributed by atoms with Gasteiger partial charge < -0.3 is 4.74 Å². The van der Waals surface area contributed by atoms with Crippen molar-refractivity contribution in [3.8, 4) is 12.3 Å². The molecule has 0 spiro atoms. The summed E-state index contributed by atoms with van der Waals surface area (Å²) in [4.78, 5) is 11.5. The van der Waals surface area contributed by atoms with Crippen molar-refractivity contribution >= 4 is 17.6 Å². The molecule has 0 fully saturated rings. The molecule has 0 heterocycles. The number of terminal acetylenes is 1.